The highest BCUT2D eigenvalue weighted by atomic mass is 15.5. The van der Waals surface area contributed by atoms with E-state index < -0.39 is 0 Å². The predicted molar refractivity (Wildman–Crippen MR) is 40.3 cm³/mol. The molecule has 0 atom stereocenters. The molecule has 0 unspecified atom stereocenters. The lowest BCUT2D eigenvalue weighted by molar-refractivity contribution is 0.303. The maximum atomic E-state index is 3.96. The molecule has 1 rings (SSSR count). The monoisotopic (exact) mass is 139 g/mol. The van der Waals surface area contributed by atoms with Crippen LogP contribution in [0, 0.1) is 0 Å². The summed E-state index contributed by atoms with van der Waals surface area (Å²) >= 11 is 0. The smallest absolute Gasteiger partial charge is 0.125 e. The minimum absolute atomic E-state index is 0.627. The molecule has 0 amide bonds. The maximum Gasteiger partial charge on any atom is 0.125 e. The van der Waals surface area contributed by atoms with Crippen molar-refractivity contribution < 1.29 is 0 Å². The number of allylic oxidation sites excluding steroid dienone is 1. The zero-order chi connectivity index (χ0) is 7.40. The molecule has 0 spiro atoms. The molecule has 0 aromatic rings. The molecule has 1 heterocycles. The maximum absolute atomic E-state index is 3.96. The average molecular weight is 139 g/mol. The van der Waals surface area contributed by atoms with Crippen LogP contribution in [0.25, 0.3) is 0 Å². The molecule has 10 heavy (non-hydrogen) atoms. The highest BCUT2D eigenvalue weighted by Crippen LogP contribution is 1.95. The van der Waals surface area contributed by atoms with Crippen LogP contribution in [0.2, 0.25) is 0 Å². The van der Waals surface area contributed by atoms with E-state index in [1.165, 1.54) is 0 Å². The quantitative estimate of drug-likeness (QED) is 0.537. The van der Waals surface area contributed by atoms with Gasteiger partial charge in [0.2, 0.25) is 0 Å². The van der Waals surface area contributed by atoms with Gasteiger partial charge in [0.25, 0.3) is 0 Å². The number of aliphatic imine (C=N–C) groups is 1. The summed E-state index contributed by atoms with van der Waals surface area (Å²) in [5.74, 6) is 0. The SMILES string of the molecule is CNC1=CN(NC)CN=[C]1. The lowest BCUT2D eigenvalue weighted by Gasteiger charge is -2.19. The summed E-state index contributed by atoms with van der Waals surface area (Å²) in [6.45, 7) is 0.627. The van der Waals surface area contributed by atoms with Crippen LogP contribution in [0.4, 0.5) is 0 Å². The highest BCUT2D eigenvalue weighted by molar-refractivity contribution is 5.78. The summed E-state index contributed by atoms with van der Waals surface area (Å²) in [7, 11) is 3.69. The van der Waals surface area contributed by atoms with E-state index in [9.17, 15) is 0 Å². The zero-order valence-corrected chi connectivity index (χ0v) is 6.18. The topological polar surface area (TPSA) is 39.7 Å². The largest absolute Gasteiger partial charge is 0.385 e. The van der Waals surface area contributed by atoms with Crippen molar-refractivity contribution in [3.63, 3.8) is 0 Å². The van der Waals surface area contributed by atoms with Gasteiger partial charge in [0, 0.05) is 20.3 Å². The summed E-state index contributed by atoms with van der Waals surface area (Å²) in [6.07, 6.45) is 4.74. The van der Waals surface area contributed by atoms with Crippen LogP contribution in [-0.2, 0) is 0 Å². The second-order valence-electron chi connectivity index (χ2n) is 1.90. The molecule has 2 N–H and O–H groups in total. The van der Waals surface area contributed by atoms with E-state index in [4.69, 9.17) is 0 Å². The van der Waals surface area contributed by atoms with Gasteiger partial charge < -0.3 is 5.32 Å². The van der Waals surface area contributed by atoms with E-state index in [0.717, 1.165) is 5.70 Å². The molecule has 0 aromatic heterocycles. The molecule has 4 heteroatoms. The third kappa shape index (κ3) is 1.48. The fraction of sp³-hybridized carbons (Fsp3) is 0.500. The van der Waals surface area contributed by atoms with Crippen molar-refractivity contribution in [3.8, 4) is 0 Å². The minimum Gasteiger partial charge on any atom is -0.385 e. The van der Waals surface area contributed by atoms with Gasteiger partial charge in [-0.3, -0.25) is 10.0 Å². The van der Waals surface area contributed by atoms with E-state index >= 15 is 0 Å². The van der Waals surface area contributed by atoms with Crippen LogP contribution in [0.3, 0.4) is 0 Å². The number of hydrogen-bond acceptors (Lipinski definition) is 4. The number of hydrazine groups is 1. The van der Waals surface area contributed by atoms with Crippen LogP contribution in [0.1, 0.15) is 0 Å². The third-order valence-corrected chi connectivity index (χ3v) is 1.26. The molecular formula is C6H11N4. The molecule has 0 saturated heterocycles. The Bertz CT molecular complexity index is 161. The van der Waals surface area contributed by atoms with E-state index in [1.54, 1.807) is 0 Å². The summed E-state index contributed by atoms with van der Waals surface area (Å²) in [5, 5.41) is 4.81. The van der Waals surface area contributed by atoms with Crippen LogP contribution in [0.15, 0.2) is 16.9 Å². The van der Waals surface area contributed by atoms with Gasteiger partial charge in [-0.1, -0.05) is 0 Å². The Labute approximate surface area is 60.6 Å². The van der Waals surface area contributed by atoms with Crippen molar-refractivity contribution in [1.29, 1.82) is 0 Å². The van der Waals surface area contributed by atoms with Crippen molar-refractivity contribution in [3.05, 3.63) is 11.9 Å². The molecule has 0 aromatic carbocycles. The van der Waals surface area contributed by atoms with E-state index in [0.29, 0.717) is 6.67 Å². The van der Waals surface area contributed by atoms with E-state index in [2.05, 4.69) is 21.9 Å². The van der Waals surface area contributed by atoms with Gasteiger partial charge in [0.1, 0.15) is 12.9 Å². The molecule has 1 radical (unpaired) electrons. The predicted octanol–water partition coefficient (Wildman–Crippen LogP) is -0.598. The number of nitrogens with zero attached hydrogens (tertiary/aromatic N) is 2. The van der Waals surface area contributed by atoms with Crippen LogP contribution >= 0.6 is 0 Å². The summed E-state index contributed by atoms with van der Waals surface area (Å²) in [4.78, 5) is 3.96. The van der Waals surface area contributed by atoms with Gasteiger partial charge in [-0.05, 0) is 0 Å². The molecule has 0 bridgehead atoms. The lowest BCUT2D eigenvalue weighted by Crippen LogP contribution is -2.33. The van der Waals surface area contributed by atoms with E-state index in [-0.39, 0.29) is 0 Å². The van der Waals surface area contributed by atoms with Gasteiger partial charge >= 0.3 is 0 Å². The molecular weight excluding hydrogens is 128 g/mol. The number of hydrogen-bond donors (Lipinski definition) is 2. The first-order chi connectivity index (χ1) is 4.86. The zero-order valence-electron chi connectivity index (χ0n) is 6.18. The van der Waals surface area contributed by atoms with Gasteiger partial charge in [-0.15, -0.1) is 0 Å². The minimum atomic E-state index is 0.627. The van der Waals surface area contributed by atoms with Crippen molar-refractivity contribution in [1.82, 2.24) is 15.8 Å². The Balaban J connectivity index is 2.56. The fourth-order valence-electron chi connectivity index (χ4n) is 0.678. The third-order valence-electron chi connectivity index (χ3n) is 1.26. The van der Waals surface area contributed by atoms with Gasteiger partial charge in [-0.25, -0.2) is 5.43 Å². The molecule has 4 nitrogen and oxygen atoms in total. The lowest BCUT2D eigenvalue weighted by atomic mass is 10.5. The molecule has 0 aliphatic carbocycles. The summed E-state index contributed by atoms with van der Waals surface area (Å²) < 4.78 is 0. The van der Waals surface area contributed by atoms with Crippen molar-refractivity contribution >= 4 is 6.21 Å². The van der Waals surface area contributed by atoms with Gasteiger partial charge in [0.15, 0.2) is 0 Å². The average Bonchev–Trinajstić information content (AvgIpc) is 2.05. The van der Waals surface area contributed by atoms with Gasteiger partial charge in [-0.2, -0.15) is 0 Å². The standard InChI is InChI=1S/C6H11N4/c1-7-6-3-9-5-10(4-6)8-2/h4,7-8H,5H2,1-2H3. The Morgan fingerprint density at radius 3 is 3.10 bits per heavy atom. The molecule has 1 aliphatic rings. The molecule has 0 saturated carbocycles. The first-order valence-corrected chi connectivity index (χ1v) is 3.13. The highest BCUT2D eigenvalue weighted by Gasteiger charge is 2.01. The van der Waals surface area contributed by atoms with Crippen molar-refractivity contribution in [2.75, 3.05) is 20.8 Å². The normalized spacial score (nSPS) is 17.0. The Kier molecular flexibility index (Phi) is 2.28. The first-order valence-electron chi connectivity index (χ1n) is 3.13. The van der Waals surface area contributed by atoms with Gasteiger partial charge in [0.05, 0.1) is 5.70 Å². The Hall–Kier alpha value is -1.03. The Morgan fingerprint density at radius 1 is 1.70 bits per heavy atom. The Morgan fingerprint density at radius 2 is 2.50 bits per heavy atom. The van der Waals surface area contributed by atoms with Crippen LogP contribution in [0.5, 0.6) is 0 Å². The van der Waals surface area contributed by atoms with E-state index in [1.807, 2.05) is 25.3 Å². The number of rotatable bonds is 2. The second-order valence-corrected chi connectivity index (χ2v) is 1.90. The molecule has 1 aliphatic heterocycles. The summed E-state index contributed by atoms with van der Waals surface area (Å²) in [6, 6.07) is 0. The van der Waals surface area contributed by atoms with Crippen molar-refractivity contribution in [2.45, 2.75) is 0 Å². The molecule has 55 valence electrons. The van der Waals surface area contributed by atoms with Crippen LogP contribution < -0.4 is 10.7 Å². The number of nitrogens with one attached hydrogen (secondary N) is 2. The van der Waals surface area contributed by atoms with Crippen molar-refractivity contribution in [2.24, 2.45) is 4.99 Å². The molecule has 0 fully saturated rings. The second kappa shape index (κ2) is 3.22. The summed E-state index contributed by atoms with van der Waals surface area (Å²) in [5.41, 5.74) is 3.84. The fourth-order valence-corrected chi connectivity index (χ4v) is 0.678. The van der Waals surface area contributed by atoms with Crippen LogP contribution in [-0.4, -0.2) is 32.0 Å². The first kappa shape index (κ1) is 7.08.